The molecule has 1 amide bonds. The second-order valence-corrected chi connectivity index (χ2v) is 9.18. The highest BCUT2D eigenvalue weighted by Gasteiger charge is 2.57. The van der Waals surface area contributed by atoms with Gasteiger partial charge in [0.15, 0.2) is 0 Å². The number of fused-ring (bicyclic) bond motifs is 1. The quantitative estimate of drug-likeness (QED) is 0.831. The van der Waals surface area contributed by atoms with Gasteiger partial charge in [-0.3, -0.25) is 4.79 Å². The largest absolute Gasteiger partial charge is 0.390 e. The Hall–Kier alpha value is -1.39. The number of hydrogen-bond donors (Lipinski definition) is 2. The van der Waals surface area contributed by atoms with E-state index >= 15 is 0 Å². The van der Waals surface area contributed by atoms with Crippen LogP contribution in [0.5, 0.6) is 0 Å². The summed E-state index contributed by atoms with van der Waals surface area (Å²) < 4.78 is 0. The Morgan fingerprint density at radius 3 is 2.41 bits per heavy atom. The average Bonchev–Trinajstić information content (AvgIpc) is 2.96. The second kappa shape index (κ2) is 7.56. The molecule has 0 radical (unpaired) electrons. The monoisotopic (exact) mass is 371 g/mol. The summed E-state index contributed by atoms with van der Waals surface area (Å²) in [5, 5.41) is 21.4. The van der Waals surface area contributed by atoms with Crippen molar-refractivity contribution in [2.75, 3.05) is 0 Å². The summed E-state index contributed by atoms with van der Waals surface area (Å²) in [5.41, 5.74) is 0.693. The highest BCUT2D eigenvalue weighted by atomic mass is 16.3. The Labute approximate surface area is 162 Å². The molecule has 0 unspecified atom stereocenters. The number of aliphatic hydroxyl groups excluding tert-OH is 2. The summed E-state index contributed by atoms with van der Waals surface area (Å²) in [6.45, 7) is 2.08. The molecule has 4 nitrogen and oxygen atoms in total. The summed E-state index contributed by atoms with van der Waals surface area (Å²) in [6, 6.07) is 10.3. The predicted octanol–water partition coefficient (Wildman–Crippen LogP) is 3.82. The molecule has 2 saturated carbocycles. The summed E-state index contributed by atoms with van der Waals surface area (Å²) in [7, 11) is 0. The molecule has 1 saturated heterocycles. The standard InChI is InChI=1S/C23H33NO3/c1-23-15-18(16-9-4-2-5-10-16)24(22(27)17-11-6-3-7-12-17)20(23)14-8-13-19(25)21(23)26/h2,4-5,9-10,17-21,25-26H,3,6-8,11-15H2,1H3/t18-,19+,20-,21+,23-/m1/s1. The molecule has 27 heavy (non-hydrogen) atoms. The molecule has 4 rings (SSSR count). The zero-order chi connectivity index (χ0) is 19.0. The number of carbonyl (C=O) groups is 1. The Morgan fingerprint density at radius 1 is 1.00 bits per heavy atom. The van der Waals surface area contributed by atoms with Crippen molar-refractivity contribution in [3.05, 3.63) is 35.9 Å². The summed E-state index contributed by atoms with van der Waals surface area (Å²) in [5.74, 6) is 0.401. The van der Waals surface area contributed by atoms with E-state index in [-0.39, 0.29) is 23.9 Å². The molecule has 1 aromatic carbocycles. The number of hydrogen-bond acceptors (Lipinski definition) is 3. The fourth-order valence-electron chi connectivity index (χ4n) is 5.91. The fraction of sp³-hybridized carbons (Fsp3) is 0.696. The second-order valence-electron chi connectivity index (χ2n) is 9.18. The topological polar surface area (TPSA) is 60.8 Å². The number of carbonyl (C=O) groups excluding carboxylic acids is 1. The summed E-state index contributed by atoms with van der Waals surface area (Å²) in [6.07, 6.45) is 7.09. The Kier molecular flexibility index (Phi) is 5.30. The van der Waals surface area contributed by atoms with E-state index in [0.717, 1.165) is 50.5 Å². The maximum absolute atomic E-state index is 13.7. The van der Waals surface area contributed by atoms with Crippen LogP contribution in [0.2, 0.25) is 0 Å². The molecule has 0 aromatic heterocycles. The van der Waals surface area contributed by atoms with E-state index in [2.05, 4.69) is 24.0 Å². The van der Waals surface area contributed by atoms with Crippen molar-refractivity contribution in [3.8, 4) is 0 Å². The van der Waals surface area contributed by atoms with Gasteiger partial charge in [-0.1, -0.05) is 56.5 Å². The molecule has 4 heteroatoms. The van der Waals surface area contributed by atoms with Crippen LogP contribution in [0, 0.1) is 11.3 Å². The molecule has 148 valence electrons. The molecule has 0 bridgehead atoms. The zero-order valence-electron chi connectivity index (χ0n) is 16.4. The van der Waals surface area contributed by atoms with Crippen LogP contribution in [-0.2, 0) is 4.79 Å². The highest BCUT2D eigenvalue weighted by Crippen LogP contribution is 2.54. The molecule has 3 fully saturated rings. The van der Waals surface area contributed by atoms with Crippen molar-refractivity contribution in [1.29, 1.82) is 0 Å². The van der Waals surface area contributed by atoms with Crippen LogP contribution in [0.25, 0.3) is 0 Å². The van der Waals surface area contributed by atoms with Crippen LogP contribution in [-0.4, -0.2) is 39.3 Å². The molecule has 5 atom stereocenters. The van der Waals surface area contributed by atoms with Crippen LogP contribution in [0.4, 0.5) is 0 Å². The fourth-order valence-corrected chi connectivity index (χ4v) is 5.91. The minimum Gasteiger partial charge on any atom is -0.390 e. The van der Waals surface area contributed by atoms with Gasteiger partial charge in [0.05, 0.1) is 18.2 Å². The lowest BCUT2D eigenvalue weighted by Gasteiger charge is -2.40. The van der Waals surface area contributed by atoms with E-state index in [1.54, 1.807) is 0 Å². The smallest absolute Gasteiger partial charge is 0.226 e. The third-order valence-corrected chi connectivity index (χ3v) is 7.48. The van der Waals surface area contributed by atoms with E-state index in [0.29, 0.717) is 6.42 Å². The van der Waals surface area contributed by atoms with Gasteiger partial charge in [-0.15, -0.1) is 0 Å². The Balaban J connectivity index is 1.72. The third kappa shape index (κ3) is 3.31. The lowest BCUT2D eigenvalue weighted by Crippen LogP contribution is -2.50. The Morgan fingerprint density at radius 2 is 1.70 bits per heavy atom. The first kappa shape index (κ1) is 18.9. The van der Waals surface area contributed by atoms with Crippen LogP contribution >= 0.6 is 0 Å². The normalized spacial score (nSPS) is 37.7. The van der Waals surface area contributed by atoms with Gasteiger partial charge in [0.2, 0.25) is 5.91 Å². The number of benzene rings is 1. The Bertz CT molecular complexity index is 657. The van der Waals surface area contributed by atoms with Crippen LogP contribution in [0.3, 0.4) is 0 Å². The van der Waals surface area contributed by atoms with Crippen molar-refractivity contribution < 1.29 is 15.0 Å². The molecule has 3 aliphatic rings. The first-order valence-electron chi connectivity index (χ1n) is 10.8. The maximum atomic E-state index is 13.7. The molecule has 2 N–H and O–H groups in total. The number of nitrogens with zero attached hydrogens (tertiary/aromatic N) is 1. The van der Waals surface area contributed by atoms with Gasteiger partial charge in [0.1, 0.15) is 0 Å². The van der Waals surface area contributed by atoms with Crippen LogP contribution < -0.4 is 0 Å². The number of amides is 1. The van der Waals surface area contributed by atoms with E-state index in [1.807, 2.05) is 18.2 Å². The lowest BCUT2D eigenvalue weighted by molar-refractivity contribution is -0.142. The van der Waals surface area contributed by atoms with E-state index in [4.69, 9.17) is 0 Å². The zero-order valence-corrected chi connectivity index (χ0v) is 16.4. The van der Waals surface area contributed by atoms with Gasteiger partial charge in [0.25, 0.3) is 0 Å². The first-order chi connectivity index (χ1) is 13.0. The number of likely N-dealkylation sites (tertiary alicyclic amines) is 1. The highest BCUT2D eigenvalue weighted by molar-refractivity contribution is 5.80. The lowest BCUT2D eigenvalue weighted by atomic mass is 9.74. The minimum atomic E-state index is -0.777. The molecule has 1 aromatic rings. The van der Waals surface area contributed by atoms with Crippen LogP contribution in [0.15, 0.2) is 30.3 Å². The van der Waals surface area contributed by atoms with Crippen molar-refractivity contribution in [1.82, 2.24) is 4.90 Å². The maximum Gasteiger partial charge on any atom is 0.226 e. The molecular weight excluding hydrogens is 338 g/mol. The summed E-state index contributed by atoms with van der Waals surface area (Å²) >= 11 is 0. The molecule has 0 spiro atoms. The average molecular weight is 372 g/mol. The van der Waals surface area contributed by atoms with Gasteiger partial charge in [-0.2, -0.15) is 0 Å². The molecule has 1 aliphatic heterocycles. The SMILES string of the molecule is C[C@@]12C[C@H](c3ccccc3)N(C(=O)C3CCCCC3)[C@@H]1CCC[C@H](O)[C@@H]2O. The molecule has 2 aliphatic carbocycles. The van der Waals surface area contributed by atoms with Crippen LogP contribution in [0.1, 0.15) is 76.3 Å². The van der Waals surface area contributed by atoms with Gasteiger partial charge >= 0.3 is 0 Å². The minimum absolute atomic E-state index is 0.00397. The first-order valence-corrected chi connectivity index (χ1v) is 10.8. The number of aliphatic hydroxyl groups is 2. The molecule has 1 heterocycles. The van der Waals surface area contributed by atoms with Crippen molar-refractivity contribution in [2.45, 2.75) is 89.0 Å². The van der Waals surface area contributed by atoms with Gasteiger partial charge < -0.3 is 15.1 Å². The third-order valence-electron chi connectivity index (χ3n) is 7.48. The van der Waals surface area contributed by atoms with E-state index < -0.39 is 17.6 Å². The molecular formula is C23H33NO3. The van der Waals surface area contributed by atoms with Crippen molar-refractivity contribution in [2.24, 2.45) is 11.3 Å². The van der Waals surface area contributed by atoms with E-state index in [1.165, 1.54) is 6.42 Å². The van der Waals surface area contributed by atoms with Gasteiger partial charge in [-0.25, -0.2) is 0 Å². The van der Waals surface area contributed by atoms with Gasteiger partial charge in [-0.05, 0) is 44.1 Å². The van der Waals surface area contributed by atoms with Crippen molar-refractivity contribution in [3.63, 3.8) is 0 Å². The van der Waals surface area contributed by atoms with E-state index in [9.17, 15) is 15.0 Å². The van der Waals surface area contributed by atoms with Crippen molar-refractivity contribution >= 4 is 5.91 Å². The summed E-state index contributed by atoms with van der Waals surface area (Å²) in [4.78, 5) is 15.8. The van der Waals surface area contributed by atoms with Gasteiger partial charge in [0, 0.05) is 17.4 Å². The number of rotatable bonds is 2. The predicted molar refractivity (Wildman–Crippen MR) is 105 cm³/mol.